The van der Waals surface area contributed by atoms with Crippen LogP contribution >= 0.6 is 0 Å². The molecule has 1 heterocycles. The second-order valence-corrected chi connectivity index (χ2v) is 17.2. The Bertz CT molecular complexity index is 3890. The zero-order valence-electron chi connectivity index (χ0n) is 37.8. The van der Waals surface area contributed by atoms with E-state index >= 15 is 0 Å². The molecule has 10 aromatic carbocycles. The van der Waals surface area contributed by atoms with Gasteiger partial charge in [-0.3, -0.25) is 0 Å². The van der Waals surface area contributed by atoms with Crippen molar-refractivity contribution in [3.05, 3.63) is 194 Å². The molecule has 0 fully saturated rings. The maximum atomic E-state index is 11.4. The summed E-state index contributed by atoms with van der Waals surface area (Å²) < 4.78 is 1.84. The fourth-order valence-electron chi connectivity index (χ4n) is 9.66. The zero-order valence-corrected chi connectivity index (χ0v) is 37.8. The third-order valence-electron chi connectivity index (χ3n) is 13.1. The number of anilines is 3. The molecule has 11 aromatic rings. The Morgan fingerprint density at radius 3 is 1.33 bits per heavy atom. The number of phenols is 10. The maximum absolute atomic E-state index is 11.4. The highest BCUT2D eigenvalue weighted by molar-refractivity contribution is 6.11. The molecule has 0 unspecified atom stereocenters. The van der Waals surface area contributed by atoms with Crippen LogP contribution in [0.15, 0.2) is 194 Å². The molecular weight excluding hydrogens is 909 g/mol. The van der Waals surface area contributed by atoms with Crippen molar-refractivity contribution in [1.82, 2.24) is 4.57 Å². The van der Waals surface area contributed by atoms with Crippen LogP contribution in [0.3, 0.4) is 0 Å². The van der Waals surface area contributed by atoms with Crippen molar-refractivity contribution in [1.29, 1.82) is 0 Å². The zero-order chi connectivity index (χ0) is 49.9. The molecule has 12 heteroatoms. The van der Waals surface area contributed by atoms with E-state index in [1.807, 2.05) is 108 Å². The molecule has 0 bridgehead atoms. The minimum atomic E-state index is -1.19. The summed E-state index contributed by atoms with van der Waals surface area (Å²) in [6, 6.07) is 63.0. The van der Waals surface area contributed by atoms with Gasteiger partial charge in [0.2, 0.25) is 34.5 Å². The van der Waals surface area contributed by atoms with E-state index in [4.69, 9.17) is 0 Å². The van der Waals surface area contributed by atoms with Gasteiger partial charge in [0.1, 0.15) is 0 Å². The summed E-state index contributed by atoms with van der Waals surface area (Å²) in [7, 11) is 0. The van der Waals surface area contributed by atoms with Crippen molar-refractivity contribution in [2.45, 2.75) is 0 Å². The lowest BCUT2D eigenvalue weighted by atomic mass is 9.93. The Morgan fingerprint density at radius 1 is 0.264 bits per heavy atom. The molecule has 10 N–H and O–H groups in total. The fraction of sp³-hybridized carbons (Fsp3) is 0. The number of aromatic nitrogens is 1. The van der Waals surface area contributed by atoms with E-state index in [1.54, 1.807) is 0 Å². The first-order valence-electron chi connectivity index (χ1n) is 22.7. The van der Waals surface area contributed by atoms with Crippen molar-refractivity contribution >= 4 is 38.9 Å². The van der Waals surface area contributed by atoms with Gasteiger partial charge in [0.05, 0.1) is 27.8 Å². The van der Waals surface area contributed by atoms with Gasteiger partial charge in [0.15, 0.2) is 23.0 Å². The van der Waals surface area contributed by atoms with E-state index < -0.39 is 68.6 Å². The SMILES string of the molecule is Oc1c(O)c(O)c(-c2ccc(-n3c4ccccc4c4ccc(-c5ccccc5-c5cccc(N(c6ccccc6)c6cccc(-c7ccccc7)c6)c5)cc43)c(-c3c(O)c(O)c(O)c(O)c3O)c2)c(O)c1O. The molecule has 0 saturated carbocycles. The molecule has 72 heavy (non-hydrogen) atoms. The second kappa shape index (κ2) is 17.4. The number of para-hydroxylation sites is 2. The smallest absolute Gasteiger partial charge is 0.208 e. The normalized spacial score (nSPS) is 11.3. The molecule has 352 valence electrons. The van der Waals surface area contributed by atoms with Crippen LogP contribution in [0.2, 0.25) is 0 Å². The Kier molecular flexibility index (Phi) is 10.7. The molecule has 12 nitrogen and oxygen atoms in total. The van der Waals surface area contributed by atoms with E-state index in [1.165, 1.54) is 18.2 Å². The quantitative estimate of drug-likeness (QED) is 0.0486. The number of rotatable bonds is 9. The Balaban J connectivity index is 1.11. The molecule has 0 spiro atoms. The first-order valence-corrected chi connectivity index (χ1v) is 22.7. The number of aromatic hydroxyl groups is 10. The van der Waals surface area contributed by atoms with Gasteiger partial charge in [-0.15, -0.1) is 0 Å². The van der Waals surface area contributed by atoms with E-state index in [9.17, 15) is 51.1 Å². The average molecular weight is 951 g/mol. The molecule has 0 saturated heterocycles. The third kappa shape index (κ3) is 7.17. The Morgan fingerprint density at radius 2 is 0.708 bits per heavy atom. The van der Waals surface area contributed by atoms with E-state index in [2.05, 4.69) is 77.7 Å². The van der Waals surface area contributed by atoms with Crippen molar-refractivity contribution in [3.63, 3.8) is 0 Å². The summed E-state index contributed by atoms with van der Waals surface area (Å²) in [5.41, 5.74) is 8.82. The number of nitrogens with zero attached hydrogens (tertiary/aromatic N) is 2. The molecule has 11 rings (SSSR count). The lowest BCUT2D eigenvalue weighted by molar-refractivity contribution is 0.330. The van der Waals surface area contributed by atoms with Gasteiger partial charge in [0.25, 0.3) is 0 Å². The van der Waals surface area contributed by atoms with Crippen molar-refractivity contribution in [2.24, 2.45) is 0 Å². The molecule has 0 aliphatic rings. The van der Waals surface area contributed by atoms with Crippen molar-refractivity contribution in [3.8, 4) is 119 Å². The fourth-order valence-corrected chi connectivity index (χ4v) is 9.66. The third-order valence-corrected chi connectivity index (χ3v) is 13.1. The number of hydrogen-bond donors (Lipinski definition) is 10. The van der Waals surface area contributed by atoms with Crippen molar-refractivity contribution < 1.29 is 51.1 Å². The minimum absolute atomic E-state index is 0.118. The van der Waals surface area contributed by atoms with Gasteiger partial charge in [-0.2, -0.15) is 0 Å². The van der Waals surface area contributed by atoms with Crippen LogP contribution in [0.1, 0.15) is 0 Å². The molecule has 0 aliphatic heterocycles. The predicted molar refractivity (Wildman–Crippen MR) is 279 cm³/mol. The highest BCUT2D eigenvalue weighted by Crippen LogP contribution is 2.59. The maximum Gasteiger partial charge on any atom is 0.208 e. The topological polar surface area (TPSA) is 210 Å². The minimum Gasteiger partial charge on any atom is -0.504 e. The summed E-state index contributed by atoms with van der Waals surface area (Å²) >= 11 is 0. The van der Waals surface area contributed by atoms with Crippen molar-refractivity contribution in [2.75, 3.05) is 4.90 Å². The molecule has 0 amide bonds. The van der Waals surface area contributed by atoms with Crippen LogP contribution in [-0.2, 0) is 0 Å². The highest BCUT2D eigenvalue weighted by Gasteiger charge is 2.30. The standard InChI is InChI=1S/C60H42N2O10/c63-51-49(52(64)56(68)59(71)55(51)67)37-26-28-47(45(31-37)50-53(65)57(69)60(72)58(70)54(50)66)62-46-24-10-9-23-43(46)44-27-25-36(32-48(44)62)42-22-8-7-21-41(42)35-16-12-20-40(30-35)61(38-17-5-2-6-18-38)39-19-11-15-34(29-39)33-13-3-1-4-14-33/h1-32,63-72H. The summed E-state index contributed by atoms with van der Waals surface area (Å²) in [6.45, 7) is 0. The van der Waals surface area contributed by atoms with Crippen LogP contribution in [0.4, 0.5) is 17.1 Å². The van der Waals surface area contributed by atoms with Gasteiger partial charge in [-0.1, -0.05) is 133 Å². The first-order chi connectivity index (χ1) is 34.9. The summed E-state index contributed by atoms with van der Waals surface area (Å²) in [5.74, 6) is -11.0. The number of phenolic OH excluding ortho intramolecular Hbond substituents is 10. The molecule has 0 radical (unpaired) electrons. The summed E-state index contributed by atoms with van der Waals surface area (Å²) in [5, 5.41) is 110. The van der Waals surface area contributed by atoms with Gasteiger partial charge in [-0.05, 0) is 99.6 Å². The molecule has 0 aliphatic carbocycles. The largest absolute Gasteiger partial charge is 0.504 e. The van der Waals surface area contributed by atoms with Gasteiger partial charge in [0, 0.05) is 33.4 Å². The number of hydrogen-bond acceptors (Lipinski definition) is 11. The van der Waals surface area contributed by atoms with Crippen LogP contribution in [0.5, 0.6) is 57.5 Å². The average Bonchev–Trinajstić information content (AvgIpc) is 3.75. The van der Waals surface area contributed by atoms with Gasteiger partial charge >= 0.3 is 0 Å². The van der Waals surface area contributed by atoms with Crippen LogP contribution in [-0.4, -0.2) is 55.6 Å². The van der Waals surface area contributed by atoms with E-state index in [0.717, 1.165) is 61.2 Å². The van der Waals surface area contributed by atoms with E-state index in [-0.39, 0.29) is 16.8 Å². The number of benzene rings is 10. The Labute approximate surface area is 410 Å². The molecule has 1 aromatic heterocycles. The second-order valence-electron chi connectivity index (χ2n) is 17.2. The summed E-state index contributed by atoms with van der Waals surface area (Å²) in [6.07, 6.45) is 0. The first kappa shape index (κ1) is 44.3. The van der Waals surface area contributed by atoms with Crippen LogP contribution in [0, 0.1) is 0 Å². The molecular formula is C60H42N2O10. The van der Waals surface area contributed by atoms with Gasteiger partial charge in [-0.25, -0.2) is 0 Å². The highest BCUT2D eigenvalue weighted by atomic mass is 16.4. The lowest BCUT2D eigenvalue weighted by Gasteiger charge is -2.26. The Hall–Kier alpha value is -10.2. The monoisotopic (exact) mass is 950 g/mol. The summed E-state index contributed by atoms with van der Waals surface area (Å²) in [4.78, 5) is 2.23. The van der Waals surface area contributed by atoms with Crippen LogP contribution in [0.25, 0.3) is 83.1 Å². The predicted octanol–water partition coefficient (Wildman–Crippen LogP) is 13.6. The molecule has 0 atom stereocenters. The van der Waals surface area contributed by atoms with E-state index in [0.29, 0.717) is 11.0 Å². The lowest BCUT2D eigenvalue weighted by Crippen LogP contribution is -2.10. The van der Waals surface area contributed by atoms with Crippen LogP contribution < -0.4 is 4.90 Å². The number of fused-ring (bicyclic) bond motifs is 3. The van der Waals surface area contributed by atoms with Gasteiger partial charge < -0.3 is 60.5 Å².